The number of carbonyl (C=O) groups is 2. The Morgan fingerprint density at radius 2 is 1.95 bits per heavy atom. The highest BCUT2D eigenvalue weighted by Gasteiger charge is 2.16. The number of hydrogen-bond donors (Lipinski definition) is 2. The number of rotatable bonds is 7. The van der Waals surface area contributed by atoms with Crippen molar-refractivity contribution < 1.29 is 14.3 Å². The minimum atomic E-state index is -0.586. The molecule has 5 nitrogen and oxygen atoms in total. The van der Waals surface area contributed by atoms with E-state index in [-0.39, 0.29) is 5.91 Å². The van der Waals surface area contributed by atoms with E-state index in [1.807, 2.05) is 0 Å². The maximum atomic E-state index is 11.8. The lowest BCUT2D eigenvalue weighted by atomic mass is 10.1. The van der Waals surface area contributed by atoms with E-state index in [1.165, 1.54) is 44.6 Å². The van der Waals surface area contributed by atoms with E-state index in [9.17, 15) is 9.59 Å². The molecule has 6 heteroatoms. The van der Waals surface area contributed by atoms with Crippen molar-refractivity contribution in [3.05, 3.63) is 0 Å². The van der Waals surface area contributed by atoms with Gasteiger partial charge in [0.05, 0.1) is 12.9 Å². The van der Waals surface area contributed by atoms with Crippen LogP contribution in [-0.4, -0.2) is 42.6 Å². The van der Waals surface area contributed by atoms with Gasteiger partial charge in [0.1, 0.15) is 6.04 Å². The summed E-state index contributed by atoms with van der Waals surface area (Å²) < 4.78 is 4.55. The lowest BCUT2D eigenvalue weighted by Gasteiger charge is -2.16. The third-order valence-electron chi connectivity index (χ3n) is 3.53. The van der Waals surface area contributed by atoms with Crippen molar-refractivity contribution in [2.45, 2.75) is 57.0 Å². The van der Waals surface area contributed by atoms with Crippen LogP contribution >= 0.6 is 11.8 Å². The summed E-state index contributed by atoms with van der Waals surface area (Å²) in [6.45, 7) is 0. The van der Waals surface area contributed by atoms with E-state index in [0.717, 1.165) is 12.8 Å². The van der Waals surface area contributed by atoms with Crippen molar-refractivity contribution in [1.82, 2.24) is 5.32 Å². The van der Waals surface area contributed by atoms with Gasteiger partial charge in [0.2, 0.25) is 5.91 Å². The van der Waals surface area contributed by atoms with Gasteiger partial charge < -0.3 is 15.8 Å². The molecule has 1 rings (SSSR count). The fourth-order valence-electron chi connectivity index (χ4n) is 2.34. The number of ether oxygens (including phenoxy) is 1. The summed E-state index contributed by atoms with van der Waals surface area (Å²) >= 11 is 1.51. The Labute approximate surface area is 125 Å². The largest absolute Gasteiger partial charge is 0.468 e. The SMILES string of the molecule is COC(=O)C(N)CCSCC(=O)NC1CCCCCC1. The van der Waals surface area contributed by atoms with Crippen LogP contribution in [0.3, 0.4) is 0 Å². The average Bonchev–Trinajstić information content (AvgIpc) is 2.71. The van der Waals surface area contributed by atoms with E-state index in [4.69, 9.17) is 5.73 Å². The lowest BCUT2D eigenvalue weighted by molar-refractivity contribution is -0.142. The molecule has 1 amide bonds. The lowest BCUT2D eigenvalue weighted by Crippen LogP contribution is -2.36. The van der Waals surface area contributed by atoms with Gasteiger partial charge in [-0.3, -0.25) is 9.59 Å². The number of amides is 1. The standard InChI is InChI=1S/C14H26N2O3S/c1-19-14(18)12(15)8-9-20-10-13(17)16-11-6-4-2-3-5-7-11/h11-12H,2-10,15H2,1H3,(H,16,17). The van der Waals surface area contributed by atoms with Crippen molar-refractivity contribution in [3.63, 3.8) is 0 Å². The van der Waals surface area contributed by atoms with Crippen molar-refractivity contribution in [1.29, 1.82) is 0 Å². The first kappa shape index (κ1) is 17.3. The molecule has 3 N–H and O–H groups in total. The van der Waals surface area contributed by atoms with Crippen molar-refractivity contribution in [2.24, 2.45) is 5.73 Å². The van der Waals surface area contributed by atoms with Crippen LogP contribution in [0.4, 0.5) is 0 Å². The molecular formula is C14H26N2O3S. The molecular weight excluding hydrogens is 276 g/mol. The molecule has 0 aliphatic heterocycles. The zero-order valence-corrected chi connectivity index (χ0v) is 13.0. The van der Waals surface area contributed by atoms with Gasteiger partial charge in [-0.1, -0.05) is 25.7 Å². The Balaban J connectivity index is 2.09. The third kappa shape index (κ3) is 7.14. The van der Waals surface area contributed by atoms with E-state index in [1.54, 1.807) is 0 Å². The van der Waals surface area contributed by atoms with Gasteiger partial charge in [0.15, 0.2) is 0 Å². The predicted octanol–water partition coefficient (Wildman–Crippen LogP) is 1.45. The number of hydrogen-bond acceptors (Lipinski definition) is 5. The minimum Gasteiger partial charge on any atom is -0.468 e. The maximum Gasteiger partial charge on any atom is 0.322 e. The fourth-order valence-corrected chi connectivity index (χ4v) is 3.17. The highest BCUT2D eigenvalue weighted by molar-refractivity contribution is 7.99. The summed E-state index contributed by atoms with van der Waals surface area (Å²) in [6, 6.07) is -0.236. The van der Waals surface area contributed by atoms with Gasteiger partial charge in [-0.15, -0.1) is 0 Å². The van der Waals surface area contributed by atoms with Crippen LogP contribution in [0.1, 0.15) is 44.9 Å². The molecule has 116 valence electrons. The Hall–Kier alpha value is -0.750. The second-order valence-corrected chi connectivity index (χ2v) is 6.33. The molecule has 0 bridgehead atoms. The van der Waals surface area contributed by atoms with Crippen LogP contribution in [0, 0.1) is 0 Å². The fraction of sp³-hybridized carbons (Fsp3) is 0.857. The normalized spacial score (nSPS) is 18.1. The van der Waals surface area contributed by atoms with Crippen LogP contribution in [0.25, 0.3) is 0 Å². The predicted molar refractivity (Wildman–Crippen MR) is 81.6 cm³/mol. The first-order chi connectivity index (χ1) is 9.63. The van der Waals surface area contributed by atoms with Gasteiger partial charge in [0, 0.05) is 6.04 Å². The number of carbonyl (C=O) groups excluding carboxylic acids is 2. The summed E-state index contributed by atoms with van der Waals surface area (Å²) in [5, 5.41) is 3.10. The Bertz CT molecular complexity index is 305. The minimum absolute atomic E-state index is 0.0912. The number of thioether (sulfide) groups is 1. The first-order valence-corrected chi connectivity index (χ1v) is 8.49. The van der Waals surface area contributed by atoms with Gasteiger partial charge in [-0.05, 0) is 25.0 Å². The quantitative estimate of drug-likeness (QED) is 0.422. The molecule has 20 heavy (non-hydrogen) atoms. The molecule has 1 saturated carbocycles. The van der Waals surface area contributed by atoms with Crippen molar-refractivity contribution >= 4 is 23.6 Å². The van der Waals surface area contributed by atoms with Gasteiger partial charge in [0.25, 0.3) is 0 Å². The topological polar surface area (TPSA) is 81.4 Å². The van der Waals surface area contributed by atoms with E-state index >= 15 is 0 Å². The van der Waals surface area contributed by atoms with Crippen LogP contribution in [0.15, 0.2) is 0 Å². The summed E-state index contributed by atoms with van der Waals surface area (Å²) in [4.78, 5) is 22.9. The maximum absolute atomic E-state index is 11.8. The monoisotopic (exact) mass is 302 g/mol. The van der Waals surface area contributed by atoms with E-state index in [2.05, 4.69) is 10.1 Å². The molecule has 0 spiro atoms. The second kappa shape index (κ2) is 10.0. The smallest absolute Gasteiger partial charge is 0.322 e. The molecule has 0 aromatic carbocycles. The molecule has 1 aliphatic carbocycles. The van der Waals surface area contributed by atoms with Gasteiger partial charge >= 0.3 is 5.97 Å². The Morgan fingerprint density at radius 3 is 2.55 bits per heavy atom. The molecule has 1 atom stereocenters. The molecule has 0 aromatic heterocycles. The van der Waals surface area contributed by atoms with Crippen LogP contribution in [0.2, 0.25) is 0 Å². The van der Waals surface area contributed by atoms with Crippen molar-refractivity contribution in [3.8, 4) is 0 Å². The summed E-state index contributed by atoms with van der Waals surface area (Å²) in [7, 11) is 1.33. The molecule has 1 fully saturated rings. The Morgan fingerprint density at radius 1 is 1.30 bits per heavy atom. The molecule has 0 aromatic rings. The highest BCUT2D eigenvalue weighted by atomic mass is 32.2. The Kier molecular flexibility index (Phi) is 8.69. The molecule has 0 saturated heterocycles. The zero-order chi connectivity index (χ0) is 14.8. The average molecular weight is 302 g/mol. The van der Waals surface area contributed by atoms with Crippen LogP contribution in [0.5, 0.6) is 0 Å². The molecule has 0 heterocycles. The van der Waals surface area contributed by atoms with Crippen LogP contribution < -0.4 is 11.1 Å². The third-order valence-corrected chi connectivity index (χ3v) is 4.52. The molecule has 1 unspecified atom stereocenters. The number of nitrogens with two attached hydrogens (primary N) is 1. The van der Waals surface area contributed by atoms with Gasteiger partial charge in [-0.2, -0.15) is 11.8 Å². The number of nitrogens with one attached hydrogen (secondary N) is 1. The van der Waals surface area contributed by atoms with E-state index < -0.39 is 12.0 Å². The summed E-state index contributed by atoms with van der Waals surface area (Å²) in [5.74, 6) is 0.820. The summed E-state index contributed by atoms with van der Waals surface area (Å²) in [5.41, 5.74) is 5.62. The van der Waals surface area contributed by atoms with E-state index in [0.29, 0.717) is 24.0 Å². The summed E-state index contributed by atoms with van der Waals surface area (Å²) in [6.07, 6.45) is 7.73. The molecule has 0 radical (unpaired) electrons. The van der Waals surface area contributed by atoms with Gasteiger partial charge in [-0.25, -0.2) is 0 Å². The number of methoxy groups -OCH3 is 1. The molecule has 1 aliphatic rings. The zero-order valence-electron chi connectivity index (χ0n) is 12.2. The highest BCUT2D eigenvalue weighted by Crippen LogP contribution is 2.17. The van der Waals surface area contributed by atoms with Crippen molar-refractivity contribution in [2.75, 3.05) is 18.6 Å². The second-order valence-electron chi connectivity index (χ2n) is 5.23. The van der Waals surface area contributed by atoms with Crippen LogP contribution in [-0.2, 0) is 14.3 Å². The number of esters is 1. The first-order valence-electron chi connectivity index (χ1n) is 7.34.